The maximum absolute atomic E-state index is 12.5. The summed E-state index contributed by atoms with van der Waals surface area (Å²) in [7, 11) is 0. The predicted octanol–water partition coefficient (Wildman–Crippen LogP) is 1.88. The van der Waals surface area contributed by atoms with Gasteiger partial charge in [0.25, 0.3) is 5.91 Å². The zero-order chi connectivity index (χ0) is 17.9. The highest BCUT2D eigenvalue weighted by molar-refractivity contribution is 5.97. The van der Waals surface area contributed by atoms with Gasteiger partial charge in [0.2, 0.25) is 5.91 Å². The van der Waals surface area contributed by atoms with Crippen LogP contribution in [0.15, 0.2) is 60.7 Å². The van der Waals surface area contributed by atoms with Crippen LogP contribution in [0.1, 0.15) is 28.8 Å². The van der Waals surface area contributed by atoms with E-state index in [0.717, 1.165) is 18.4 Å². The van der Waals surface area contributed by atoms with E-state index >= 15 is 0 Å². The van der Waals surface area contributed by atoms with Crippen molar-refractivity contribution in [3.05, 3.63) is 71.8 Å². The van der Waals surface area contributed by atoms with Crippen molar-refractivity contribution in [1.82, 2.24) is 10.6 Å². The van der Waals surface area contributed by atoms with Crippen molar-refractivity contribution in [1.29, 1.82) is 0 Å². The molecule has 0 radical (unpaired) electrons. The molecule has 0 bridgehead atoms. The van der Waals surface area contributed by atoms with Crippen LogP contribution in [-0.4, -0.2) is 30.9 Å². The number of amides is 2. The molecule has 132 valence electrons. The van der Waals surface area contributed by atoms with Crippen molar-refractivity contribution in [3.63, 3.8) is 0 Å². The third kappa shape index (κ3) is 6.39. The summed E-state index contributed by atoms with van der Waals surface area (Å²) in [5.74, 6) is -0.427. The van der Waals surface area contributed by atoms with E-state index in [2.05, 4.69) is 10.6 Å². The summed E-state index contributed by atoms with van der Waals surface area (Å²) in [6, 6.07) is 18.0. The maximum Gasteiger partial charge on any atom is 0.251 e. The van der Waals surface area contributed by atoms with Crippen molar-refractivity contribution < 1.29 is 9.59 Å². The predicted molar refractivity (Wildman–Crippen MR) is 99.1 cm³/mol. The van der Waals surface area contributed by atoms with Gasteiger partial charge in [0.15, 0.2) is 0 Å². The normalized spacial score (nSPS) is 11.6. The van der Waals surface area contributed by atoms with Gasteiger partial charge >= 0.3 is 0 Å². The highest BCUT2D eigenvalue weighted by Crippen LogP contribution is 2.06. The van der Waals surface area contributed by atoms with Gasteiger partial charge in [-0.15, -0.1) is 0 Å². The largest absolute Gasteiger partial charge is 0.354 e. The van der Waals surface area contributed by atoms with E-state index in [-0.39, 0.29) is 11.8 Å². The molecule has 0 aliphatic carbocycles. The van der Waals surface area contributed by atoms with Crippen molar-refractivity contribution in [2.75, 3.05) is 13.1 Å². The standard InChI is InChI=1S/C20H25N3O2/c21-13-7-8-14-22-20(25)18(15-16-9-3-1-4-10-16)23-19(24)17-11-5-2-6-12-17/h1-6,9-12,18H,7-8,13-15,21H2,(H,22,25)(H,23,24). The summed E-state index contributed by atoms with van der Waals surface area (Å²) in [5.41, 5.74) is 7.00. The highest BCUT2D eigenvalue weighted by atomic mass is 16.2. The molecule has 0 aliphatic rings. The number of carbonyl (C=O) groups excluding carboxylic acids is 2. The van der Waals surface area contributed by atoms with Gasteiger partial charge in [-0.3, -0.25) is 9.59 Å². The Morgan fingerprint density at radius 1 is 0.920 bits per heavy atom. The minimum absolute atomic E-state index is 0.176. The van der Waals surface area contributed by atoms with Crippen LogP contribution in [0.25, 0.3) is 0 Å². The molecule has 5 heteroatoms. The van der Waals surface area contributed by atoms with Gasteiger partial charge in [-0.05, 0) is 37.1 Å². The van der Waals surface area contributed by atoms with Crippen LogP contribution in [0.4, 0.5) is 0 Å². The monoisotopic (exact) mass is 339 g/mol. The van der Waals surface area contributed by atoms with Gasteiger partial charge in [0.1, 0.15) is 6.04 Å². The molecule has 0 heterocycles. The van der Waals surface area contributed by atoms with Crippen molar-refractivity contribution in [2.45, 2.75) is 25.3 Å². The van der Waals surface area contributed by atoms with Crippen LogP contribution in [0.3, 0.4) is 0 Å². The van der Waals surface area contributed by atoms with E-state index in [4.69, 9.17) is 5.73 Å². The van der Waals surface area contributed by atoms with Gasteiger partial charge in [0.05, 0.1) is 0 Å². The molecule has 1 atom stereocenters. The maximum atomic E-state index is 12.5. The first-order valence-corrected chi connectivity index (χ1v) is 8.58. The second kappa shape index (κ2) is 10.3. The molecule has 0 saturated heterocycles. The molecule has 25 heavy (non-hydrogen) atoms. The third-order valence-electron chi connectivity index (χ3n) is 3.87. The Kier molecular flexibility index (Phi) is 7.66. The molecule has 0 fully saturated rings. The van der Waals surface area contributed by atoms with E-state index in [1.165, 1.54) is 0 Å². The first-order chi connectivity index (χ1) is 12.2. The van der Waals surface area contributed by atoms with Crippen LogP contribution >= 0.6 is 0 Å². The van der Waals surface area contributed by atoms with Gasteiger partial charge in [0, 0.05) is 18.5 Å². The van der Waals surface area contributed by atoms with Gasteiger partial charge in [-0.1, -0.05) is 48.5 Å². The lowest BCUT2D eigenvalue weighted by Crippen LogP contribution is -2.48. The fourth-order valence-electron chi connectivity index (χ4n) is 2.49. The number of nitrogens with one attached hydrogen (secondary N) is 2. The Labute approximate surface area is 148 Å². The van der Waals surface area contributed by atoms with Crippen LogP contribution in [0, 0.1) is 0 Å². The molecule has 0 aromatic heterocycles. The Morgan fingerprint density at radius 2 is 1.56 bits per heavy atom. The lowest BCUT2D eigenvalue weighted by Gasteiger charge is -2.19. The number of benzene rings is 2. The quantitative estimate of drug-likeness (QED) is 0.610. The van der Waals surface area contributed by atoms with Crippen molar-refractivity contribution in [3.8, 4) is 0 Å². The molecule has 4 N–H and O–H groups in total. The molecule has 0 spiro atoms. The molecule has 2 aromatic rings. The first-order valence-electron chi connectivity index (χ1n) is 8.58. The Morgan fingerprint density at radius 3 is 2.20 bits per heavy atom. The van der Waals surface area contributed by atoms with Gasteiger partial charge in [-0.25, -0.2) is 0 Å². The summed E-state index contributed by atoms with van der Waals surface area (Å²) in [6.45, 7) is 1.16. The average molecular weight is 339 g/mol. The molecule has 0 aliphatic heterocycles. The van der Waals surface area contributed by atoms with E-state index in [0.29, 0.717) is 25.1 Å². The Bertz CT molecular complexity index is 659. The van der Waals surface area contributed by atoms with Gasteiger partial charge < -0.3 is 16.4 Å². The summed E-state index contributed by atoms with van der Waals surface area (Å²) >= 11 is 0. The topological polar surface area (TPSA) is 84.2 Å². The zero-order valence-electron chi connectivity index (χ0n) is 14.3. The SMILES string of the molecule is NCCCCNC(=O)C(Cc1ccccc1)NC(=O)c1ccccc1. The Balaban J connectivity index is 2.03. The Hall–Kier alpha value is -2.66. The molecule has 1 unspecified atom stereocenters. The van der Waals surface area contributed by atoms with Crippen LogP contribution in [-0.2, 0) is 11.2 Å². The fraction of sp³-hybridized carbons (Fsp3) is 0.300. The zero-order valence-corrected chi connectivity index (χ0v) is 14.3. The highest BCUT2D eigenvalue weighted by Gasteiger charge is 2.21. The fourth-order valence-corrected chi connectivity index (χ4v) is 2.49. The summed E-state index contributed by atoms with van der Waals surface area (Å²) in [6.07, 6.45) is 2.13. The second-order valence-corrected chi connectivity index (χ2v) is 5.87. The molecular formula is C20H25N3O2. The molecular weight excluding hydrogens is 314 g/mol. The summed E-state index contributed by atoms with van der Waals surface area (Å²) < 4.78 is 0. The average Bonchev–Trinajstić information content (AvgIpc) is 2.66. The molecule has 2 rings (SSSR count). The number of rotatable bonds is 9. The van der Waals surface area contributed by atoms with E-state index in [1.54, 1.807) is 24.3 Å². The molecule has 0 saturated carbocycles. The molecule has 2 amide bonds. The number of hydrogen-bond acceptors (Lipinski definition) is 3. The lowest BCUT2D eigenvalue weighted by atomic mass is 10.0. The summed E-state index contributed by atoms with van der Waals surface area (Å²) in [4.78, 5) is 24.9. The van der Waals surface area contributed by atoms with Crippen molar-refractivity contribution in [2.24, 2.45) is 5.73 Å². The van der Waals surface area contributed by atoms with Gasteiger partial charge in [-0.2, -0.15) is 0 Å². The van der Waals surface area contributed by atoms with E-state index < -0.39 is 6.04 Å². The first kappa shape index (κ1) is 18.7. The third-order valence-corrected chi connectivity index (χ3v) is 3.87. The van der Waals surface area contributed by atoms with E-state index in [1.807, 2.05) is 36.4 Å². The number of carbonyl (C=O) groups is 2. The lowest BCUT2D eigenvalue weighted by molar-refractivity contribution is -0.122. The summed E-state index contributed by atoms with van der Waals surface area (Å²) in [5, 5.41) is 5.73. The second-order valence-electron chi connectivity index (χ2n) is 5.87. The molecule has 5 nitrogen and oxygen atoms in total. The number of hydrogen-bond donors (Lipinski definition) is 3. The number of nitrogens with two attached hydrogens (primary N) is 1. The smallest absolute Gasteiger partial charge is 0.251 e. The minimum Gasteiger partial charge on any atom is -0.354 e. The van der Waals surface area contributed by atoms with Crippen LogP contribution in [0.2, 0.25) is 0 Å². The molecule has 2 aromatic carbocycles. The number of unbranched alkanes of at least 4 members (excludes halogenated alkanes) is 1. The minimum atomic E-state index is -0.618. The van der Waals surface area contributed by atoms with Crippen molar-refractivity contribution >= 4 is 11.8 Å². The van der Waals surface area contributed by atoms with E-state index in [9.17, 15) is 9.59 Å². The van der Waals surface area contributed by atoms with Crippen LogP contribution in [0.5, 0.6) is 0 Å². The van der Waals surface area contributed by atoms with Crippen LogP contribution < -0.4 is 16.4 Å².